The fourth-order valence-electron chi connectivity index (χ4n) is 5.00. The van der Waals surface area contributed by atoms with E-state index in [1.54, 1.807) is 11.8 Å². The van der Waals surface area contributed by atoms with Crippen molar-refractivity contribution in [1.82, 2.24) is 0 Å². The summed E-state index contributed by atoms with van der Waals surface area (Å²) in [6, 6.07) is 0. The van der Waals surface area contributed by atoms with Gasteiger partial charge in [0.15, 0.2) is 0 Å². The number of hydrogen-bond acceptors (Lipinski definition) is 0. The van der Waals surface area contributed by atoms with Crippen molar-refractivity contribution in [2.75, 3.05) is 0 Å². The Hall–Kier alpha value is 0.254. The van der Waals surface area contributed by atoms with Crippen LogP contribution in [0.25, 0.3) is 0 Å². The van der Waals surface area contributed by atoms with Crippen molar-refractivity contribution < 1.29 is 17.0 Å². The van der Waals surface area contributed by atoms with Gasteiger partial charge >= 0.3 is 35.6 Å². The first-order valence-corrected chi connectivity index (χ1v) is 14.3. The second-order valence-corrected chi connectivity index (χ2v) is 10.4. The van der Waals surface area contributed by atoms with Gasteiger partial charge in [0.1, 0.15) is 0 Å². The molecule has 0 N–H and O–H groups in total. The van der Waals surface area contributed by atoms with Crippen LogP contribution in [0.2, 0.25) is 0 Å². The van der Waals surface area contributed by atoms with E-state index >= 15 is 0 Å². The SMILES string of the molecule is [CH]1[CH][C](C[C@H]2CCC[C@@H]2C[C]2[CH][CH][C]3C=CC=C[C]32)[C]2C=CC=C[C]12.[Cl][Ti][Cl]. The third kappa shape index (κ3) is 4.93. The van der Waals surface area contributed by atoms with Crippen LogP contribution in [-0.4, -0.2) is 0 Å². The molecule has 3 saturated carbocycles. The van der Waals surface area contributed by atoms with Crippen LogP contribution in [0.4, 0.5) is 0 Å². The van der Waals surface area contributed by atoms with Crippen LogP contribution in [0.3, 0.4) is 0 Å². The van der Waals surface area contributed by atoms with Gasteiger partial charge in [0, 0.05) is 23.7 Å². The van der Waals surface area contributed by atoms with E-state index in [1.165, 1.54) is 55.8 Å². The summed E-state index contributed by atoms with van der Waals surface area (Å²) in [6.07, 6.45) is 33.7. The average molecular weight is 443 g/mol. The number of fused-ring (bicyclic) bond motifs is 2. The van der Waals surface area contributed by atoms with E-state index in [9.17, 15) is 0 Å². The van der Waals surface area contributed by atoms with Gasteiger partial charge in [-0.25, -0.2) is 0 Å². The Morgan fingerprint density at radius 1 is 0.679 bits per heavy atom. The molecule has 0 amide bonds. The fraction of sp³-hybridized carbons (Fsp3) is 0.280. The summed E-state index contributed by atoms with van der Waals surface area (Å²) in [6.45, 7) is 0. The van der Waals surface area contributed by atoms with Crippen LogP contribution in [-0.2, 0) is 17.0 Å². The van der Waals surface area contributed by atoms with Crippen molar-refractivity contribution in [3.63, 3.8) is 0 Å². The number of allylic oxidation sites excluding steroid dienone is 8. The Balaban J connectivity index is 0.000000604. The first-order chi connectivity index (χ1) is 13.8. The summed E-state index contributed by atoms with van der Waals surface area (Å²) in [5, 5.41) is 0. The molecule has 5 aliphatic rings. The quantitative estimate of drug-likeness (QED) is 0.407. The standard InChI is InChI=1S/C25H24.2ClH.Ti/c1-3-10-24-18(6-1)12-14-22(24)16-20-8-5-9-21(20)17-23-15-13-19-7-2-4-11-25(19)23;;;/h1-4,6-7,10-15,20-21H,5,8-9,16-17H2;2*1H;/q;;;+2/p-2/t20-,21-;;;/m1.../s1. The molecule has 3 heteroatoms. The molecule has 0 saturated heterocycles. The molecule has 0 aromatic carbocycles. The molecule has 5 rings (SSSR count). The van der Waals surface area contributed by atoms with Gasteiger partial charge in [0.25, 0.3) is 0 Å². The molecule has 3 fully saturated rings. The molecule has 2 atom stereocenters. The van der Waals surface area contributed by atoms with Gasteiger partial charge < -0.3 is 0 Å². The van der Waals surface area contributed by atoms with Crippen LogP contribution in [0.1, 0.15) is 32.1 Å². The zero-order valence-corrected chi connectivity index (χ0v) is 18.9. The van der Waals surface area contributed by atoms with E-state index in [0.717, 1.165) is 11.8 Å². The van der Waals surface area contributed by atoms with Gasteiger partial charge in [-0.15, -0.1) is 0 Å². The number of rotatable bonds is 4. The van der Waals surface area contributed by atoms with Gasteiger partial charge in [-0.05, 0) is 62.2 Å². The topological polar surface area (TPSA) is 0 Å². The van der Waals surface area contributed by atoms with E-state index in [1.807, 2.05) is 0 Å². The van der Waals surface area contributed by atoms with E-state index in [2.05, 4.69) is 74.3 Å². The molecule has 0 aliphatic heterocycles. The first kappa shape index (κ1) is 21.5. The summed E-state index contributed by atoms with van der Waals surface area (Å²) in [5.74, 6) is 10.5. The Kier molecular flexibility index (Phi) is 8.07. The molecule has 0 nitrogen and oxygen atoms in total. The van der Waals surface area contributed by atoms with Crippen LogP contribution >= 0.6 is 18.6 Å². The second-order valence-electron chi connectivity index (χ2n) is 7.82. The molecule has 10 radical (unpaired) electrons. The molecular weight excluding hydrogens is 419 g/mol. The normalized spacial score (nSPS) is 31.2. The molecule has 0 unspecified atom stereocenters. The minimum atomic E-state index is -0.556. The summed E-state index contributed by atoms with van der Waals surface area (Å²) in [5.41, 5.74) is 0. The third-order valence-corrected chi connectivity index (χ3v) is 6.32. The van der Waals surface area contributed by atoms with Crippen molar-refractivity contribution in [3.8, 4) is 0 Å². The zero-order chi connectivity index (χ0) is 19.3. The van der Waals surface area contributed by atoms with Crippen LogP contribution < -0.4 is 0 Å². The molecule has 0 bridgehead atoms. The Labute approximate surface area is 188 Å². The van der Waals surface area contributed by atoms with Crippen molar-refractivity contribution in [3.05, 3.63) is 110 Å². The molecule has 0 heterocycles. The second kappa shape index (κ2) is 10.5. The van der Waals surface area contributed by atoms with Gasteiger partial charge in [-0.3, -0.25) is 0 Å². The Morgan fingerprint density at radius 3 is 1.57 bits per heavy atom. The summed E-state index contributed by atoms with van der Waals surface area (Å²) in [4.78, 5) is 0. The molecule has 0 aromatic rings. The maximum atomic E-state index is 4.89. The van der Waals surface area contributed by atoms with Crippen LogP contribution in [0.15, 0.2) is 48.6 Å². The average Bonchev–Trinajstić information content (AvgIpc) is 3.44. The molecule has 142 valence electrons. The molecule has 28 heavy (non-hydrogen) atoms. The Bertz CT molecular complexity index is 570. The van der Waals surface area contributed by atoms with E-state index in [0.29, 0.717) is 0 Å². The van der Waals surface area contributed by atoms with E-state index < -0.39 is 17.0 Å². The fourth-order valence-corrected chi connectivity index (χ4v) is 5.00. The van der Waals surface area contributed by atoms with Crippen molar-refractivity contribution in [2.45, 2.75) is 32.1 Å². The van der Waals surface area contributed by atoms with E-state index in [4.69, 9.17) is 18.6 Å². The molecular formula is C25H24Cl2Ti. The van der Waals surface area contributed by atoms with E-state index in [-0.39, 0.29) is 0 Å². The molecule has 0 spiro atoms. The van der Waals surface area contributed by atoms with Crippen LogP contribution in [0, 0.1) is 73.0 Å². The van der Waals surface area contributed by atoms with Crippen molar-refractivity contribution >= 4 is 18.6 Å². The zero-order valence-electron chi connectivity index (χ0n) is 15.9. The summed E-state index contributed by atoms with van der Waals surface area (Å²) in [7, 11) is 9.78. The minimum absolute atomic E-state index is 0.556. The molecule has 0 aromatic heterocycles. The maximum absolute atomic E-state index is 4.89. The van der Waals surface area contributed by atoms with Gasteiger partial charge in [-0.2, -0.15) is 0 Å². The molecule has 5 aliphatic carbocycles. The monoisotopic (exact) mass is 442 g/mol. The predicted octanol–water partition coefficient (Wildman–Crippen LogP) is 7.10. The van der Waals surface area contributed by atoms with Crippen molar-refractivity contribution in [2.24, 2.45) is 11.8 Å². The number of hydrogen-bond donors (Lipinski definition) is 0. The van der Waals surface area contributed by atoms with Gasteiger partial charge in [0.2, 0.25) is 0 Å². The third-order valence-electron chi connectivity index (χ3n) is 6.32. The Morgan fingerprint density at radius 2 is 1.11 bits per heavy atom. The summed E-state index contributed by atoms with van der Waals surface area (Å²) >= 11 is -0.556. The van der Waals surface area contributed by atoms with Crippen LogP contribution in [0.5, 0.6) is 0 Å². The van der Waals surface area contributed by atoms with Gasteiger partial charge in [0.05, 0.1) is 0 Å². The number of halogens is 2. The van der Waals surface area contributed by atoms with Crippen molar-refractivity contribution in [1.29, 1.82) is 0 Å². The predicted molar refractivity (Wildman–Crippen MR) is 115 cm³/mol. The summed E-state index contributed by atoms with van der Waals surface area (Å²) < 4.78 is 0. The first-order valence-electron chi connectivity index (χ1n) is 10.0. The van der Waals surface area contributed by atoms with Gasteiger partial charge in [-0.1, -0.05) is 67.9 Å².